The predicted molar refractivity (Wildman–Crippen MR) is 166 cm³/mol. The molecule has 6 rings (SSSR count). The molecule has 0 bridgehead atoms. The lowest BCUT2D eigenvalue weighted by molar-refractivity contribution is -0.138. The van der Waals surface area contributed by atoms with E-state index in [0.29, 0.717) is 42.9 Å². The Balaban J connectivity index is 1.33. The number of nitrogens with one attached hydrogen (secondary N) is 1. The summed E-state index contributed by atoms with van der Waals surface area (Å²) in [5.74, 6) is -0.905. The van der Waals surface area contributed by atoms with E-state index >= 15 is 0 Å². The van der Waals surface area contributed by atoms with Crippen molar-refractivity contribution in [3.8, 4) is 16.3 Å². The summed E-state index contributed by atoms with van der Waals surface area (Å²) in [6.07, 6.45) is -0.478. The van der Waals surface area contributed by atoms with Crippen LogP contribution < -0.4 is 15.0 Å². The second-order valence-corrected chi connectivity index (χ2v) is 13.6. The average molecular weight is 660 g/mol. The number of rotatable bonds is 7. The molecule has 4 heterocycles. The number of hydrogen-bond donors (Lipinski definition) is 1. The Kier molecular flexibility index (Phi) is 8.57. The van der Waals surface area contributed by atoms with Gasteiger partial charge in [0.05, 0.1) is 35.9 Å². The first-order valence-electron chi connectivity index (χ1n) is 15.2. The van der Waals surface area contributed by atoms with Gasteiger partial charge in [-0.2, -0.15) is 23.4 Å². The fraction of sp³-hybridized carbons (Fsp3) is 0.516. The van der Waals surface area contributed by atoms with E-state index in [9.17, 15) is 22.8 Å². The van der Waals surface area contributed by atoms with Gasteiger partial charge in [0.2, 0.25) is 0 Å². The van der Waals surface area contributed by atoms with Gasteiger partial charge in [-0.1, -0.05) is 0 Å². The van der Waals surface area contributed by atoms with Gasteiger partial charge in [0.1, 0.15) is 27.6 Å². The summed E-state index contributed by atoms with van der Waals surface area (Å²) in [6.45, 7) is 7.04. The van der Waals surface area contributed by atoms with Gasteiger partial charge in [-0.25, -0.2) is 9.78 Å². The molecule has 1 aliphatic carbocycles. The Labute approximate surface area is 268 Å². The topological polar surface area (TPSA) is 113 Å². The fourth-order valence-corrected chi connectivity index (χ4v) is 6.75. The molecule has 2 saturated heterocycles. The number of alkyl halides is 3. The van der Waals surface area contributed by atoms with Crippen molar-refractivity contribution in [2.24, 2.45) is 0 Å². The Hall–Kier alpha value is -3.98. The van der Waals surface area contributed by atoms with Crippen LogP contribution in [0.4, 0.5) is 29.3 Å². The number of hydrogen-bond acceptors (Lipinski definition) is 10. The van der Waals surface area contributed by atoms with E-state index in [2.05, 4.69) is 25.4 Å². The van der Waals surface area contributed by atoms with Crippen molar-refractivity contribution in [1.29, 1.82) is 0 Å². The molecule has 3 fully saturated rings. The molecule has 2 atom stereocenters. The van der Waals surface area contributed by atoms with Gasteiger partial charge in [0.15, 0.2) is 0 Å². The largest absolute Gasteiger partial charge is 0.490 e. The van der Waals surface area contributed by atoms with Gasteiger partial charge < -0.3 is 24.6 Å². The Morgan fingerprint density at radius 2 is 1.85 bits per heavy atom. The normalized spacial score (nSPS) is 20.3. The molecule has 2 amide bonds. The molecule has 15 heteroatoms. The standard InChI is InChI=1S/C31H36F3N7O4S/c1-30(2,3)45-29(43)39(4)22-10-12-40-13-14-41(16-23(22)40)26-20(7-8-24(44-19-5-6-19)25(26)31(32,33)34)37-27(42)21-17-46-28(38-21)18-9-11-35-36-15-18/h7-9,11,15,17,19,22-23H,5-6,10,12-14,16H2,1-4H3,(H,37,42)/t22-,23+/m1/s1. The minimum absolute atomic E-state index is 0.00379. The summed E-state index contributed by atoms with van der Waals surface area (Å²) in [7, 11) is 1.67. The Morgan fingerprint density at radius 1 is 1.07 bits per heavy atom. The van der Waals surface area contributed by atoms with Crippen LogP contribution in [0, 0.1) is 0 Å². The lowest BCUT2D eigenvalue weighted by atomic mass is 10.0. The summed E-state index contributed by atoms with van der Waals surface area (Å²) < 4.78 is 56.3. The van der Waals surface area contributed by atoms with Crippen molar-refractivity contribution in [2.75, 3.05) is 43.4 Å². The molecule has 46 heavy (non-hydrogen) atoms. The van der Waals surface area contributed by atoms with Crippen LogP contribution in [-0.2, 0) is 10.9 Å². The van der Waals surface area contributed by atoms with E-state index in [-0.39, 0.29) is 54.1 Å². The van der Waals surface area contributed by atoms with Gasteiger partial charge in [-0.05, 0) is 58.2 Å². The van der Waals surface area contributed by atoms with Crippen molar-refractivity contribution in [3.63, 3.8) is 0 Å². The van der Waals surface area contributed by atoms with Crippen LogP contribution in [0.3, 0.4) is 0 Å². The number of piperazine rings is 1. The number of nitrogens with zero attached hydrogens (tertiary/aromatic N) is 6. The number of carbonyl (C=O) groups is 2. The molecule has 1 saturated carbocycles. The van der Waals surface area contributed by atoms with Gasteiger partial charge >= 0.3 is 12.3 Å². The van der Waals surface area contributed by atoms with Crippen LogP contribution in [0.25, 0.3) is 10.6 Å². The van der Waals surface area contributed by atoms with Crippen LogP contribution in [0.5, 0.6) is 5.75 Å². The van der Waals surface area contributed by atoms with Crippen LogP contribution >= 0.6 is 11.3 Å². The lowest BCUT2D eigenvalue weighted by Crippen LogP contribution is -2.57. The Bertz CT molecular complexity index is 1590. The molecule has 246 valence electrons. The third-order valence-corrected chi connectivity index (χ3v) is 9.13. The lowest BCUT2D eigenvalue weighted by Gasteiger charge is -2.43. The second-order valence-electron chi connectivity index (χ2n) is 12.8. The van der Waals surface area contributed by atoms with Crippen molar-refractivity contribution in [1.82, 2.24) is 25.0 Å². The maximum atomic E-state index is 15.0. The number of likely N-dealkylation sites (N-methyl/N-ethyl adjacent to an activating group) is 1. The highest BCUT2D eigenvalue weighted by Crippen LogP contribution is 2.49. The van der Waals surface area contributed by atoms with E-state index in [0.717, 1.165) is 0 Å². The van der Waals surface area contributed by atoms with E-state index in [1.807, 2.05) is 0 Å². The molecular formula is C31H36F3N7O4S. The van der Waals surface area contributed by atoms with Gasteiger partial charge in [0.25, 0.3) is 5.91 Å². The van der Waals surface area contributed by atoms with E-state index in [1.54, 1.807) is 49.1 Å². The van der Waals surface area contributed by atoms with E-state index in [1.165, 1.54) is 35.9 Å². The summed E-state index contributed by atoms with van der Waals surface area (Å²) in [5.41, 5.74) is -1.04. The Morgan fingerprint density at radius 3 is 2.52 bits per heavy atom. The smallest absolute Gasteiger partial charge is 0.422 e. The molecule has 0 unspecified atom stereocenters. The van der Waals surface area contributed by atoms with Gasteiger partial charge in [0, 0.05) is 50.2 Å². The number of thiazole rings is 1. The third kappa shape index (κ3) is 6.89. The van der Waals surface area contributed by atoms with Crippen molar-refractivity contribution >= 4 is 34.7 Å². The number of amides is 2. The van der Waals surface area contributed by atoms with Gasteiger partial charge in [-0.3, -0.25) is 9.69 Å². The maximum Gasteiger partial charge on any atom is 0.422 e. The predicted octanol–water partition coefficient (Wildman–Crippen LogP) is 5.54. The number of anilines is 2. The number of aromatic nitrogens is 3. The second kappa shape index (κ2) is 12.3. The highest BCUT2D eigenvalue weighted by molar-refractivity contribution is 7.13. The molecule has 1 N–H and O–H groups in total. The van der Waals surface area contributed by atoms with Crippen LogP contribution in [0.2, 0.25) is 0 Å². The van der Waals surface area contributed by atoms with Crippen molar-refractivity contribution in [2.45, 2.75) is 70.0 Å². The quantitative estimate of drug-likeness (QED) is 0.349. The fourth-order valence-electron chi connectivity index (χ4n) is 5.96. The molecule has 2 aromatic heterocycles. The number of benzene rings is 1. The summed E-state index contributed by atoms with van der Waals surface area (Å²) >= 11 is 1.22. The van der Waals surface area contributed by atoms with Crippen LogP contribution in [-0.4, -0.2) is 94.0 Å². The third-order valence-electron chi connectivity index (χ3n) is 8.24. The molecule has 3 aliphatic rings. The molecule has 2 aliphatic heterocycles. The first kappa shape index (κ1) is 32.0. The van der Waals surface area contributed by atoms with Gasteiger partial charge in [-0.15, -0.1) is 11.3 Å². The summed E-state index contributed by atoms with van der Waals surface area (Å²) in [6, 6.07) is 3.92. The first-order chi connectivity index (χ1) is 21.8. The number of carbonyl (C=O) groups excluding carboxylic acids is 2. The number of halogens is 3. The SMILES string of the molecule is CN(C(=O)OC(C)(C)C)[C@@H]1CCN2CCN(c3c(NC(=O)c4csc(-c5ccnnc5)n4)ccc(OC4CC4)c3C(F)(F)F)C[C@@H]12. The molecule has 0 radical (unpaired) electrons. The zero-order valence-corrected chi connectivity index (χ0v) is 26.8. The zero-order valence-electron chi connectivity index (χ0n) is 26.0. The summed E-state index contributed by atoms with van der Waals surface area (Å²) in [5, 5.41) is 12.4. The molecule has 1 aromatic carbocycles. The monoisotopic (exact) mass is 659 g/mol. The van der Waals surface area contributed by atoms with E-state index < -0.39 is 29.3 Å². The van der Waals surface area contributed by atoms with E-state index in [4.69, 9.17) is 9.47 Å². The number of ether oxygens (including phenoxy) is 2. The maximum absolute atomic E-state index is 15.0. The van der Waals surface area contributed by atoms with Crippen LogP contribution in [0.15, 0.2) is 36.0 Å². The van der Waals surface area contributed by atoms with Crippen molar-refractivity contribution in [3.05, 3.63) is 47.2 Å². The molecule has 0 spiro atoms. The zero-order chi connectivity index (χ0) is 32.8. The first-order valence-corrected chi connectivity index (χ1v) is 16.1. The highest BCUT2D eigenvalue weighted by atomic mass is 32.1. The minimum atomic E-state index is -4.78. The average Bonchev–Trinajstić information content (AvgIpc) is 3.50. The van der Waals surface area contributed by atoms with Crippen LogP contribution in [0.1, 0.15) is 56.1 Å². The molecule has 11 nitrogen and oxygen atoms in total. The number of fused-ring (bicyclic) bond motifs is 1. The molecule has 3 aromatic rings. The molecular weight excluding hydrogens is 623 g/mol. The highest BCUT2D eigenvalue weighted by Gasteiger charge is 2.46. The minimum Gasteiger partial charge on any atom is -0.490 e. The summed E-state index contributed by atoms with van der Waals surface area (Å²) in [4.78, 5) is 36.2. The van der Waals surface area contributed by atoms with Crippen molar-refractivity contribution < 1.29 is 32.2 Å².